The zero-order valence-corrected chi connectivity index (χ0v) is 21.9. The molecule has 1 N–H and O–H groups in total. The zero-order valence-electron chi connectivity index (χ0n) is 20.3. The number of methoxy groups -OCH3 is 1. The number of carbonyl (C=O) groups excluding carboxylic acids is 1. The lowest BCUT2D eigenvalue weighted by atomic mass is 10.1. The Kier molecular flexibility index (Phi) is 10.5. The van der Waals surface area contributed by atoms with Crippen molar-refractivity contribution in [3.05, 3.63) is 59.7 Å². The molecule has 2 aromatic rings. The van der Waals surface area contributed by atoms with E-state index in [0.29, 0.717) is 24.8 Å². The van der Waals surface area contributed by atoms with Gasteiger partial charge in [-0.2, -0.15) is 13.1 Å². The van der Waals surface area contributed by atoms with E-state index in [-0.39, 0.29) is 22.3 Å². The summed E-state index contributed by atoms with van der Waals surface area (Å²) < 4.78 is 61.6. The second kappa shape index (κ2) is 12.8. The summed E-state index contributed by atoms with van der Waals surface area (Å²) in [6, 6.07) is 11.5. The van der Waals surface area contributed by atoms with Crippen LogP contribution in [0.1, 0.15) is 44.2 Å². The van der Waals surface area contributed by atoms with E-state index in [2.05, 4.69) is 21.3 Å². The molecule has 0 saturated heterocycles. The van der Waals surface area contributed by atoms with Gasteiger partial charge >= 0.3 is 5.97 Å². The van der Waals surface area contributed by atoms with Crippen LogP contribution < -0.4 is 4.72 Å². The molecular weight excluding hydrogens is 490 g/mol. The molecule has 35 heavy (non-hydrogen) atoms. The number of hydrogen-bond donors (Lipinski definition) is 1. The Morgan fingerprint density at radius 2 is 1.54 bits per heavy atom. The Labute approximate surface area is 208 Å². The van der Waals surface area contributed by atoms with Gasteiger partial charge in [-0.3, -0.25) is 8.98 Å². The molecule has 2 rings (SSSR count). The van der Waals surface area contributed by atoms with E-state index in [1.165, 1.54) is 31.4 Å². The number of sulfonamides is 1. The third-order valence-electron chi connectivity index (χ3n) is 5.05. The molecule has 1 atom stereocenters. The summed E-state index contributed by atoms with van der Waals surface area (Å²) in [5, 5.41) is 0. The van der Waals surface area contributed by atoms with Gasteiger partial charge in [0.25, 0.3) is 10.1 Å². The highest BCUT2D eigenvalue weighted by Gasteiger charge is 2.29. The van der Waals surface area contributed by atoms with E-state index in [9.17, 15) is 21.6 Å². The minimum Gasteiger partial charge on any atom is -0.468 e. The summed E-state index contributed by atoms with van der Waals surface area (Å²) in [7, 11) is -6.46. The topological polar surface area (TPSA) is 116 Å². The first kappa shape index (κ1) is 28.5. The molecule has 0 unspecified atom stereocenters. The fourth-order valence-corrected chi connectivity index (χ4v) is 5.23. The van der Waals surface area contributed by atoms with E-state index in [1.807, 2.05) is 6.92 Å². The fourth-order valence-electron chi connectivity index (χ4n) is 2.96. The van der Waals surface area contributed by atoms with Crippen LogP contribution in [0.25, 0.3) is 0 Å². The number of carbonyl (C=O) groups is 1. The molecule has 0 saturated carbocycles. The van der Waals surface area contributed by atoms with Crippen LogP contribution in [-0.2, 0) is 33.9 Å². The van der Waals surface area contributed by atoms with Gasteiger partial charge in [-0.1, -0.05) is 43.4 Å². The molecule has 10 heteroatoms. The molecule has 0 bridgehead atoms. The lowest BCUT2D eigenvalue weighted by Gasteiger charge is -2.19. The molecule has 2 aromatic carbocycles. The molecule has 0 amide bonds. The Bertz CT molecular complexity index is 1260. The monoisotopic (exact) mass is 521 g/mol. The standard InChI is InChI=1S/C25H31NO7S2/c1-19(2)24(25(27)32-4)26-34(28,29)22-16-12-21(13-17-22)9-7-5-6-8-18-33-35(30,31)23-14-10-20(3)11-15-23/h10-17,19,24,26H,5-6,8,18H2,1-4H3/t24-/m1/s1. The van der Waals surface area contributed by atoms with Gasteiger partial charge in [-0.25, -0.2) is 8.42 Å². The van der Waals surface area contributed by atoms with Crippen LogP contribution in [0.3, 0.4) is 0 Å². The van der Waals surface area contributed by atoms with Gasteiger partial charge in [0, 0.05) is 12.0 Å². The highest BCUT2D eigenvalue weighted by molar-refractivity contribution is 7.89. The highest BCUT2D eigenvalue weighted by atomic mass is 32.2. The Balaban J connectivity index is 1.84. The van der Waals surface area contributed by atoms with Crippen molar-refractivity contribution in [1.29, 1.82) is 0 Å². The lowest BCUT2D eigenvalue weighted by Crippen LogP contribution is -2.44. The molecule has 8 nitrogen and oxygen atoms in total. The zero-order chi connectivity index (χ0) is 26.1. The van der Waals surface area contributed by atoms with E-state index < -0.39 is 32.2 Å². The summed E-state index contributed by atoms with van der Waals surface area (Å²) in [6.07, 6.45) is 1.71. The first-order chi connectivity index (χ1) is 16.5. The van der Waals surface area contributed by atoms with Crippen molar-refractivity contribution in [2.24, 2.45) is 5.92 Å². The maximum Gasteiger partial charge on any atom is 0.324 e. The van der Waals surface area contributed by atoms with Crippen molar-refractivity contribution in [1.82, 2.24) is 4.72 Å². The lowest BCUT2D eigenvalue weighted by molar-refractivity contribution is -0.143. The van der Waals surface area contributed by atoms with Crippen molar-refractivity contribution in [3.8, 4) is 11.8 Å². The number of hydrogen-bond acceptors (Lipinski definition) is 7. The number of ether oxygens (including phenoxy) is 1. The van der Waals surface area contributed by atoms with Gasteiger partial charge in [-0.15, -0.1) is 0 Å². The van der Waals surface area contributed by atoms with Crippen LogP contribution in [-0.4, -0.2) is 42.6 Å². The number of unbranched alkanes of at least 4 members (excludes halogenated alkanes) is 2. The second-order valence-corrected chi connectivity index (χ2v) is 11.6. The second-order valence-electron chi connectivity index (χ2n) is 8.24. The maximum absolute atomic E-state index is 12.6. The molecule has 0 aliphatic rings. The molecule has 0 aliphatic carbocycles. The van der Waals surface area contributed by atoms with E-state index in [0.717, 1.165) is 5.56 Å². The van der Waals surface area contributed by atoms with Crippen molar-refractivity contribution < 1.29 is 30.6 Å². The van der Waals surface area contributed by atoms with Gasteiger partial charge < -0.3 is 4.74 Å². The van der Waals surface area contributed by atoms with E-state index in [1.54, 1.807) is 38.1 Å². The summed E-state index contributed by atoms with van der Waals surface area (Å²) >= 11 is 0. The summed E-state index contributed by atoms with van der Waals surface area (Å²) in [5.74, 6) is 5.00. The van der Waals surface area contributed by atoms with Gasteiger partial charge in [0.1, 0.15) is 6.04 Å². The number of aryl methyl sites for hydroxylation is 1. The smallest absolute Gasteiger partial charge is 0.324 e. The third kappa shape index (κ3) is 8.78. The first-order valence-electron chi connectivity index (χ1n) is 11.1. The van der Waals surface area contributed by atoms with Crippen molar-refractivity contribution >= 4 is 26.1 Å². The van der Waals surface area contributed by atoms with Gasteiger partial charge in [0.05, 0.1) is 23.5 Å². The Hall–Kier alpha value is -2.71. The van der Waals surface area contributed by atoms with E-state index >= 15 is 0 Å². The Morgan fingerprint density at radius 1 is 0.943 bits per heavy atom. The van der Waals surface area contributed by atoms with Crippen LogP contribution in [0.4, 0.5) is 0 Å². The van der Waals surface area contributed by atoms with E-state index in [4.69, 9.17) is 4.18 Å². The van der Waals surface area contributed by atoms with Gasteiger partial charge in [0.15, 0.2) is 0 Å². The predicted molar refractivity (Wildman–Crippen MR) is 132 cm³/mol. The SMILES string of the molecule is COC(=O)[C@H](NS(=O)(=O)c1ccc(C#CCCCCOS(=O)(=O)c2ccc(C)cc2)cc1)C(C)C. The quantitative estimate of drug-likeness (QED) is 0.209. The molecule has 0 fully saturated rings. The number of nitrogens with one attached hydrogen (secondary N) is 1. The fraction of sp³-hybridized carbons (Fsp3) is 0.400. The van der Waals surface area contributed by atoms with Crippen molar-refractivity contribution in [3.63, 3.8) is 0 Å². The number of esters is 1. The molecule has 0 spiro atoms. The summed E-state index contributed by atoms with van der Waals surface area (Å²) in [6.45, 7) is 5.39. The molecule has 0 heterocycles. The van der Waals surface area contributed by atoms with Crippen LogP contribution >= 0.6 is 0 Å². The Morgan fingerprint density at radius 3 is 2.11 bits per heavy atom. The first-order valence-corrected chi connectivity index (χ1v) is 14.0. The molecule has 0 radical (unpaired) electrons. The van der Waals surface area contributed by atoms with Crippen molar-refractivity contribution in [2.45, 2.75) is 55.9 Å². The van der Waals surface area contributed by atoms with Crippen LogP contribution in [0.15, 0.2) is 58.3 Å². The minimum absolute atomic E-state index is 0.0181. The summed E-state index contributed by atoms with van der Waals surface area (Å²) in [4.78, 5) is 12.0. The molecule has 190 valence electrons. The molecule has 0 aliphatic heterocycles. The molecular formula is C25H31NO7S2. The van der Waals surface area contributed by atoms with Crippen molar-refractivity contribution in [2.75, 3.05) is 13.7 Å². The number of rotatable bonds is 11. The van der Waals surface area contributed by atoms with Crippen LogP contribution in [0, 0.1) is 24.7 Å². The van der Waals surface area contributed by atoms with Crippen LogP contribution in [0.2, 0.25) is 0 Å². The average Bonchev–Trinajstić information content (AvgIpc) is 2.82. The largest absolute Gasteiger partial charge is 0.468 e. The highest BCUT2D eigenvalue weighted by Crippen LogP contribution is 2.15. The predicted octanol–water partition coefficient (Wildman–Crippen LogP) is 3.40. The number of benzene rings is 2. The molecule has 0 aromatic heterocycles. The third-order valence-corrected chi connectivity index (χ3v) is 7.83. The summed E-state index contributed by atoms with van der Waals surface area (Å²) in [5.41, 5.74) is 1.60. The van der Waals surface area contributed by atoms with Crippen LogP contribution in [0.5, 0.6) is 0 Å². The normalized spacial score (nSPS) is 12.6. The average molecular weight is 522 g/mol. The van der Waals surface area contributed by atoms with Gasteiger partial charge in [0.2, 0.25) is 10.0 Å². The van der Waals surface area contributed by atoms with Gasteiger partial charge in [-0.05, 0) is 62.1 Å². The maximum atomic E-state index is 12.6. The minimum atomic E-state index is -3.91.